The minimum atomic E-state index is -0.0706. The molecule has 1 aliphatic carbocycles. The molecule has 0 radical (unpaired) electrons. The highest BCUT2D eigenvalue weighted by atomic mass is 16.2. The summed E-state index contributed by atoms with van der Waals surface area (Å²) in [5, 5.41) is 5.60. The highest BCUT2D eigenvalue weighted by molar-refractivity contribution is 5.80. The Morgan fingerprint density at radius 3 is 2.76 bits per heavy atom. The molecule has 5 heteroatoms. The lowest BCUT2D eigenvalue weighted by atomic mass is 9.78. The van der Waals surface area contributed by atoms with Gasteiger partial charge < -0.3 is 4.90 Å². The van der Waals surface area contributed by atoms with Gasteiger partial charge >= 0.3 is 0 Å². The van der Waals surface area contributed by atoms with E-state index < -0.39 is 0 Å². The molecule has 2 aromatic rings. The molecule has 2 fully saturated rings. The Kier molecular flexibility index (Phi) is 4.05. The van der Waals surface area contributed by atoms with Crippen molar-refractivity contribution in [2.45, 2.75) is 57.8 Å². The van der Waals surface area contributed by atoms with Gasteiger partial charge in [0.1, 0.15) is 0 Å². The fourth-order valence-corrected chi connectivity index (χ4v) is 4.71. The molecular weight excluding hydrogens is 312 g/mol. The molecule has 0 aromatic carbocycles. The molecule has 0 unspecified atom stereocenters. The Hall–Kier alpha value is -1.91. The van der Waals surface area contributed by atoms with Gasteiger partial charge in [0.2, 0.25) is 5.91 Å². The number of aromatic nitrogens is 3. The molecule has 0 bridgehead atoms. The maximum atomic E-state index is 12.9. The van der Waals surface area contributed by atoms with E-state index in [0.29, 0.717) is 5.91 Å². The second-order valence-corrected chi connectivity index (χ2v) is 8.18. The van der Waals surface area contributed by atoms with Gasteiger partial charge in [-0.15, -0.1) is 0 Å². The molecule has 0 spiro atoms. The summed E-state index contributed by atoms with van der Waals surface area (Å²) in [4.78, 5) is 19.9. The summed E-state index contributed by atoms with van der Waals surface area (Å²) in [6, 6.07) is 4.28. The number of fused-ring (bicyclic) bond motifs is 1. The van der Waals surface area contributed by atoms with Gasteiger partial charge in [0.25, 0.3) is 0 Å². The average molecular weight is 340 g/mol. The summed E-state index contributed by atoms with van der Waals surface area (Å²) in [7, 11) is 1.95. The molecular formula is C20H28N4O. The van der Waals surface area contributed by atoms with Gasteiger partial charge in [0.05, 0.1) is 11.4 Å². The van der Waals surface area contributed by atoms with Crippen molar-refractivity contribution in [3.8, 4) is 0 Å². The zero-order valence-corrected chi connectivity index (χ0v) is 15.6. The second kappa shape index (κ2) is 6.11. The molecule has 5 nitrogen and oxygen atoms in total. The number of piperidine rings is 1. The zero-order valence-electron chi connectivity index (χ0n) is 15.6. The molecule has 1 aliphatic heterocycles. The third kappa shape index (κ3) is 2.83. The van der Waals surface area contributed by atoms with E-state index in [1.54, 1.807) is 0 Å². The van der Waals surface area contributed by atoms with E-state index in [1.165, 1.54) is 12.8 Å². The predicted molar refractivity (Wildman–Crippen MR) is 98.4 cm³/mol. The van der Waals surface area contributed by atoms with Crippen LogP contribution in [0.2, 0.25) is 0 Å². The molecule has 25 heavy (non-hydrogen) atoms. The van der Waals surface area contributed by atoms with E-state index in [4.69, 9.17) is 4.98 Å². The lowest BCUT2D eigenvalue weighted by Crippen LogP contribution is -2.49. The van der Waals surface area contributed by atoms with E-state index in [0.717, 1.165) is 61.2 Å². The van der Waals surface area contributed by atoms with Crippen LogP contribution >= 0.6 is 0 Å². The van der Waals surface area contributed by atoms with Crippen LogP contribution in [0, 0.1) is 12.8 Å². The minimum absolute atomic E-state index is 0.0706. The number of likely N-dealkylation sites (tertiary alicyclic amines) is 1. The van der Waals surface area contributed by atoms with Crippen molar-refractivity contribution in [1.82, 2.24) is 19.7 Å². The van der Waals surface area contributed by atoms with Crippen LogP contribution in [0.3, 0.4) is 0 Å². The quantitative estimate of drug-likeness (QED) is 0.842. The highest BCUT2D eigenvalue weighted by Gasteiger charge is 2.38. The van der Waals surface area contributed by atoms with Crippen LogP contribution in [0.25, 0.3) is 11.0 Å². The largest absolute Gasteiger partial charge is 0.342 e. The van der Waals surface area contributed by atoms with Crippen LogP contribution < -0.4 is 0 Å². The van der Waals surface area contributed by atoms with Crippen LogP contribution in [0.4, 0.5) is 0 Å². The van der Waals surface area contributed by atoms with E-state index >= 15 is 0 Å². The van der Waals surface area contributed by atoms with Crippen LogP contribution in [0.15, 0.2) is 12.1 Å². The Balaban J connectivity index is 1.62. The Labute approximate surface area is 149 Å². The molecule has 1 saturated heterocycles. The Bertz CT molecular complexity index is 805. The van der Waals surface area contributed by atoms with Gasteiger partial charge in [-0.2, -0.15) is 5.10 Å². The Morgan fingerprint density at radius 2 is 2.00 bits per heavy atom. The third-order valence-electron chi connectivity index (χ3n) is 6.20. The van der Waals surface area contributed by atoms with Gasteiger partial charge in [-0.25, -0.2) is 4.98 Å². The summed E-state index contributed by atoms with van der Waals surface area (Å²) >= 11 is 0. The number of pyridine rings is 1. The maximum absolute atomic E-state index is 12.9. The third-order valence-corrected chi connectivity index (χ3v) is 6.20. The lowest BCUT2D eigenvalue weighted by molar-refractivity contribution is -0.137. The first-order valence-corrected chi connectivity index (χ1v) is 9.57. The van der Waals surface area contributed by atoms with Gasteiger partial charge in [0.15, 0.2) is 5.65 Å². The van der Waals surface area contributed by atoms with Crippen LogP contribution in [0.1, 0.15) is 56.8 Å². The molecule has 1 amide bonds. The fourth-order valence-electron chi connectivity index (χ4n) is 4.71. The summed E-state index contributed by atoms with van der Waals surface area (Å²) in [6.45, 7) is 5.97. The number of amides is 1. The first-order valence-electron chi connectivity index (χ1n) is 9.57. The van der Waals surface area contributed by atoms with E-state index in [2.05, 4.69) is 29.1 Å². The van der Waals surface area contributed by atoms with Crippen molar-refractivity contribution >= 4 is 16.9 Å². The number of hydrogen-bond acceptors (Lipinski definition) is 3. The average Bonchev–Trinajstić information content (AvgIpc) is 3.23. The lowest BCUT2D eigenvalue weighted by Gasteiger charge is -2.41. The zero-order chi connectivity index (χ0) is 17.6. The van der Waals surface area contributed by atoms with E-state index in [1.807, 2.05) is 18.7 Å². The molecule has 1 saturated carbocycles. The molecule has 0 N–H and O–H groups in total. The standard InChI is InChI=1S/C20H28N4O/c1-14-16-9-10-17(21-18(16)23(3)22-14)20(2)11-6-12-24(13-20)19(25)15-7-4-5-8-15/h9-10,15H,4-8,11-13H2,1-3H3/t20-/m1/s1. The SMILES string of the molecule is Cc1nn(C)c2nc([C@]3(C)CCCN(C(=O)C4CCCC4)C3)ccc12. The smallest absolute Gasteiger partial charge is 0.225 e. The molecule has 134 valence electrons. The van der Waals surface area contributed by atoms with E-state index in [-0.39, 0.29) is 11.3 Å². The van der Waals surface area contributed by atoms with Crippen molar-refractivity contribution in [3.63, 3.8) is 0 Å². The number of carbonyl (C=O) groups is 1. The summed E-state index contributed by atoms with van der Waals surface area (Å²) in [5.74, 6) is 0.637. The molecule has 4 rings (SSSR count). The van der Waals surface area contributed by atoms with Gasteiger partial charge in [-0.3, -0.25) is 9.48 Å². The van der Waals surface area contributed by atoms with Gasteiger partial charge in [-0.1, -0.05) is 19.8 Å². The van der Waals surface area contributed by atoms with Gasteiger partial charge in [-0.05, 0) is 44.7 Å². The molecule has 1 atom stereocenters. The normalized spacial score (nSPS) is 25.0. The minimum Gasteiger partial charge on any atom is -0.342 e. The van der Waals surface area contributed by atoms with Crippen molar-refractivity contribution in [2.24, 2.45) is 13.0 Å². The van der Waals surface area contributed by atoms with Crippen molar-refractivity contribution in [1.29, 1.82) is 0 Å². The monoisotopic (exact) mass is 340 g/mol. The maximum Gasteiger partial charge on any atom is 0.225 e. The number of hydrogen-bond donors (Lipinski definition) is 0. The van der Waals surface area contributed by atoms with Crippen LogP contribution in [-0.2, 0) is 17.3 Å². The first kappa shape index (κ1) is 16.6. The van der Waals surface area contributed by atoms with E-state index in [9.17, 15) is 4.79 Å². The van der Waals surface area contributed by atoms with Crippen LogP contribution in [0.5, 0.6) is 0 Å². The molecule has 3 heterocycles. The molecule has 2 aromatic heterocycles. The number of nitrogens with zero attached hydrogens (tertiary/aromatic N) is 4. The number of aryl methyl sites for hydroxylation is 2. The summed E-state index contributed by atoms with van der Waals surface area (Å²) < 4.78 is 1.86. The Morgan fingerprint density at radius 1 is 1.24 bits per heavy atom. The predicted octanol–water partition coefficient (Wildman–Crippen LogP) is 3.35. The number of rotatable bonds is 2. The summed E-state index contributed by atoms with van der Waals surface area (Å²) in [5.41, 5.74) is 2.98. The van der Waals surface area contributed by atoms with Crippen molar-refractivity contribution in [3.05, 3.63) is 23.5 Å². The summed E-state index contributed by atoms with van der Waals surface area (Å²) in [6.07, 6.45) is 6.70. The van der Waals surface area contributed by atoms with Gasteiger partial charge in [0, 0.05) is 36.9 Å². The van der Waals surface area contributed by atoms with Crippen LogP contribution in [-0.4, -0.2) is 38.7 Å². The van der Waals surface area contributed by atoms with Crippen molar-refractivity contribution < 1.29 is 4.79 Å². The van der Waals surface area contributed by atoms with Crippen molar-refractivity contribution in [2.75, 3.05) is 13.1 Å². The topological polar surface area (TPSA) is 51.0 Å². The fraction of sp³-hybridized carbons (Fsp3) is 0.650. The second-order valence-electron chi connectivity index (χ2n) is 8.18. The molecule has 2 aliphatic rings. The highest BCUT2D eigenvalue weighted by Crippen LogP contribution is 2.36. The number of carbonyl (C=O) groups excluding carboxylic acids is 1. The first-order chi connectivity index (χ1) is 12.0.